The third kappa shape index (κ3) is 3.94. The molecule has 2 amide bonds. The zero-order valence-electron chi connectivity index (χ0n) is 14.9. The number of fused-ring (bicyclic) bond motifs is 1. The molecule has 162 valence electrons. The molecule has 0 radical (unpaired) electrons. The molecule has 30 heavy (non-hydrogen) atoms. The van der Waals surface area contributed by atoms with E-state index in [0.717, 1.165) is 0 Å². The van der Waals surface area contributed by atoms with Gasteiger partial charge in [-0.15, -0.1) is 0 Å². The SMILES string of the molecule is O=C(Cc1ccccc1)NC1C(=O)N2C(C(=O)O)C(OS(=O)(=O)C(F)(F)F)=NC[C@H]12. The lowest BCUT2D eigenvalue weighted by molar-refractivity contribution is -0.164. The van der Waals surface area contributed by atoms with Gasteiger partial charge in [-0.1, -0.05) is 30.3 Å². The third-order valence-corrected chi connectivity index (χ3v) is 5.40. The van der Waals surface area contributed by atoms with Crippen molar-refractivity contribution in [1.29, 1.82) is 0 Å². The summed E-state index contributed by atoms with van der Waals surface area (Å²) < 4.78 is 63.8. The minimum absolute atomic E-state index is 0.0544. The summed E-state index contributed by atoms with van der Waals surface area (Å²) in [5.41, 5.74) is -5.14. The van der Waals surface area contributed by atoms with Gasteiger partial charge in [0.05, 0.1) is 19.0 Å². The second-order valence-electron chi connectivity index (χ2n) is 6.42. The van der Waals surface area contributed by atoms with Crippen molar-refractivity contribution in [3.8, 4) is 0 Å². The number of amides is 2. The Morgan fingerprint density at radius 1 is 1.27 bits per heavy atom. The van der Waals surface area contributed by atoms with Crippen LogP contribution in [0.3, 0.4) is 0 Å². The molecule has 1 saturated heterocycles. The van der Waals surface area contributed by atoms with Crippen LogP contribution < -0.4 is 5.32 Å². The summed E-state index contributed by atoms with van der Waals surface area (Å²) in [6, 6.07) is 4.25. The summed E-state index contributed by atoms with van der Waals surface area (Å²) in [6.07, 6.45) is -0.0544. The molecular formula is C16H14F3N3O7S. The summed E-state index contributed by atoms with van der Waals surface area (Å²) >= 11 is 0. The highest BCUT2D eigenvalue weighted by atomic mass is 32.2. The topological polar surface area (TPSA) is 142 Å². The van der Waals surface area contributed by atoms with Gasteiger partial charge in [0.25, 0.3) is 0 Å². The Morgan fingerprint density at radius 3 is 2.47 bits per heavy atom. The molecule has 2 unspecified atom stereocenters. The van der Waals surface area contributed by atoms with Crippen LogP contribution in [0.15, 0.2) is 35.3 Å². The van der Waals surface area contributed by atoms with E-state index in [1.807, 2.05) is 0 Å². The van der Waals surface area contributed by atoms with Crippen LogP contribution in [0, 0.1) is 0 Å². The second-order valence-corrected chi connectivity index (χ2v) is 7.96. The summed E-state index contributed by atoms with van der Waals surface area (Å²) in [7, 11) is -6.17. The molecule has 0 aliphatic carbocycles. The van der Waals surface area contributed by atoms with Crippen LogP contribution in [0.1, 0.15) is 5.56 Å². The van der Waals surface area contributed by atoms with Crippen LogP contribution in [0.4, 0.5) is 13.2 Å². The average Bonchev–Trinajstić information content (AvgIpc) is 2.65. The number of halogens is 3. The fraction of sp³-hybridized carbons (Fsp3) is 0.375. The lowest BCUT2D eigenvalue weighted by atomic mass is 9.90. The number of alkyl halides is 3. The van der Waals surface area contributed by atoms with Crippen molar-refractivity contribution in [3.63, 3.8) is 0 Å². The maximum atomic E-state index is 12.5. The first-order chi connectivity index (χ1) is 13.9. The van der Waals surface area contributed by atoms with Crippen molar-refractivity contribution in [2.75, 3.05) is 6.54 Å². The number of aliphatic imine (C=N–C) groups is 1. The number of hydrogen-bond acceptors (Lipinski definition) is 7. The molecule has 2 heterocycles. The summed E-state index contributed by atoms with van der Waals surface area (Å²) in [6.45, 7) is -0.450. The van der Waals surface area contributed by atoms with E-state index in [2.05, 4.69) is 14.5 Å². The van der Waals surface area contributed by atoms with Gasteiger partial charge in [0.1, 0.15) is 6.04 Å². The number of nitrogens with one attached hydrogen (secondary N) is 1. The average molecular weight is 449 g/mol. The highest BCUT2D eigenvalue weighted by Crippen LogP contribution is 2.31. The fourth-order valence-electron chi connectivity index (χ4n) is 3.09. The largest absolute Gasteiger partial charge is 0.534 e. The highest BCUT2D eigenvalue weighted by molar-refractivity contribution is 7.88. The molecule has 0 saturated carbocycles. The maximum absolute atomic E-state index is 12.5. The lowest BCUT2D eigenvalue weighted by Gasteiger charge is -2.50. The van der Waals surface area contributed by atoms with Gasteiger partial charge in [0.2, 0.25) is 23.8 Å². The number of carboxylic acid groups (broad SMARTS) is 1. The van der Waals surface area contributed by atoms with E-state index >= 15 is 0 Å². The van der Waals surface area contributed by atoms with Gasteiger partial charge < -0.3 is 19.5 Å². The Bertz CT molecular complexity index is 1010. The van der Waals surface area contributed by atoms with Crippen molar-refractivity contribution < 1.29 is 45.3 Å². The van der Waals surface area contributed by atoms with Crippen molar-refractivity contribution >= 4 is 33.8 Å². The van der Waals surface area contributed by atoms with Crippen molar-refractivity contribution in [2.24, 2.45) is 4.99 Å². The molecule has 14 heteroatoms. The number of carbonyl (C=O) groups is 3. The van der Waals surface area contributed by atoms with E-state index in [9.17, 15) is 41.1 Å². The molecule has 0 spiro atoms. The van der Waals surface area contributed by atoms with Crippen molar-refractivity contribution in [3.05, 3.63) is 35.9 Å². The van der Waals surface area contributed by atoms with Crippen LogP contribution in [0.25, 0.3) is 0 Å². The summed E-state index contributed by atoms with van der Waals surface area (Å²) in [4.78, 5) is 40.1. The van der Waals surface area contributed by atoms with E-state index in [1.165, 1.54) is 0 Å². The quantitative estimate of drug-likeness (QED) is 0.356. The summed E-state index contributed by atoms with van der Waals surface area (Å²) in [5, 5.41) is 11.7. The Hall–Kier alpha value is -3.16. The van der Waals surface area contributed by atoms with Gasteiger partial charge in [-0.3, -0.25) is 9.59 Å². The van der Waals surface area contributed by atoms with Crippen LogP contribution in [0.2, 0.25) is 0 Å². The molecule has 10 nitrogen and oxygen atoms in total. The number of benzene rings is 1. The first-order valence-corrected chi connectivity index (χ1v) is 9.76. The molecule has 2 aliphatic heterocycles. The van der Waals surface area contributed by atoms with E-state index in [1.54, 1.807) is 30.3 Å². The number of carboxylic acids is 1. The molecule has 3 rings (SSSR count). The Labute approximate surface area is 167 Å². The molecule has 0 bridgehead atoms. The standard InChI is InChI=1S/C16H14F3N3O7S/c17-16(18,19)30(27,28)29-13-12(15(25)26)22-9(7-20-13)11(14(22)24)21-10(23)6-8-4-2-1-3-5-8/h1-5,9,11-12H,6-7H2,(H,21,23)(H,25,26)/t9-,11?,12?/m1/s1. The maximum Gasteiger partial charge on any atom is 0.534 e. The van der Waals surface area contributed by atoms with E-state index in [0.29, 0.717) is 10.5 Å². The van der Waals surface area contributed by atoms with E-state index in [4.69, 9.17) is 0 Å². The first kappa shape index (κ1) is 21.5. The molecule has 3 atom stereocenters. The van der Waals surface area contributed by atoms with Gasteiger partial charge >= 0.3 is 21.6 Å². The zero-order valence-corrected chi connectivity index (χ0v) is 15.7. The number of nitrogens with zero attached hydrogens (tertiary/aromatic N) is 2. The normalized spacial score (nSPS) is 23.7. The van der Waals surface area contributed by atoms with Gasteiger partial charge in [0, 0.05) is 0 Å². The molecule has 1 fully saturated rings. The smallest absolute Gasteiger partial charge is 0.479 e. The van der Waals surface area contributed by atoms with E-state index < -0.39 is 64.0 Å². The minimum Gasteiger partial charge on any atom is -0.479 e. The summed E-state index contributed by atoms with van der Waals surface area (Å²) in [5.74, 6) is -4.55. The Morgan fingerprint density at radius 2 is 1.90 bits per heavy atom. The number of rotatable bonds is 5. The number of aliphatic carboxylic acids is 1. The van der Waals surface area contributed by atoms with Crippen LogP contribution in [0.5, 0.6) is 0 Å². The van der Waals surface area contributed by atoms with Crippen LogP contribution in [-0.4, -0.2) is 72.3 Å². The molecule has 2 N–H and O–H groups in total. The number of β-lactam (4-membered cyclic amide) rings is 1. The fourth-order valence-corrected chi connectivity index (χ4v) is 3.55. The van der Waals surface area contributed by atoms with Gasteiger partial charge in [-0.25, -0.2) is 9.79 Å². The molecule has 1 aromatic rings. The third-order valence-electron chi connectivity index (χ3n) is 4.45. The van der Waals surface area contributed by atoms with Gasteiger partial charge in [-0.05, 0) is 5.56 Å². The van der Waals surface area contributed by atoms with Crippen molar-refractivity contribution in [1.82, 2.24) is 10.2 Å². The molecule has 0 aromatic heterocycles. The second kappa shape index (κ2) is 7.59. The minimum atomic E-state index is -6.17. The predicted molar refractivity (Wildman–Crippen MR) is 92.5 cm³/mol. The highest BCUT2D eigenvalue weighted by Gasteiger charge is 2.59. The van der Waals surface area contributed by atoms with Crippen LogP contribution in [-0.2, 0) is 35.1 Å². The zero-order chi connectivity index (χ0) is 22.3. The van der Waals surface area contributed by atoms with Gasteiger partial charge in [-0.2, -0.15) is 21.6 Å². The number of hydrogen-bond donors (Lipinski definition) is 2. The first-order valence-electron chi connectivity index (χ1n) is 8.36. The van der Waals surface area contributed by atoms with Gasteiger partial charge in [0.15, 0.2) is 0 Å². The van der Waals surface area contributed by atoms with E-state index in [-0.39, 0.29) is 6.42 Å². The predicted octanol–water partition coefficient (Wildman–Crippen LogP) is -0.344. The lowest BCUT2D eigenvalue weighted by Crippen LogP contribution is -2.77. The molecular weight excluding hydrogens is 435 g/mol. The molecule has 2 aliphatic rings. The van der Waals surface area contributed by atoms with Crippen molar-refractivity contribution in [2.45, 2.75) is 30.1 Å². The van der Waals surface area contributed by atoms with Crippen LogP contribution >= 0.6 is 0 Å². The Balaban J connectivity index is 1.74. The number of carbonyl (C=O) groups excluding carboxylic acids is 2. The monoisotopic (exact) mass is 449 g/mol. The molecule has 1 aromatic carbocycles. The Kier molecular flexibility index (Phi) is 5.45.